The number of benzene rings is 4. The average molecular weight is 430 g/mol. The highest BCUT2D eigenvalue weighted by molar-refractivity contribution is 7.63. The molecule has 1 unspecified atom stereocenters. The molecule has 0 saturated heterocycles. The number of aromatic nitrogens is 1. The van der Waals surface area contributed by atoms with Gasteiger partial charge in [-0.1, -0.05) is 74.3 Å². The number of fused-ring (bicyclic) bond motifs is 7. The number of rotatable bonds is 2. The maximum atomic E-state index is 2.46. The van der Waals surface area contributed by atoms with Crippen LogP contribution in [0.1, 0.15) is 23.7 Å². The quantitative estimate of drug-likeness (QED) is 0.259. The van der Waals surface area contributed by atoms with Crippen molar-refractivity contribution in [2.45, 2.75) is 25.7 Å². The summed E-state index contributed by atoms with van der Waals surface area (Å²) in [6.45, 7) is 0. The molecule has 7 rings (SSSR count). The number of aryl methyl sites for hydroxylation is 1. The SMILES string of the molecule is c1ccc(-n2c3ccccc3c3c4c5c(p(-c6ccccc6)c4ccc32)CCCC5)cc1. The Morgan fingerprint density at radius 2 is 1.31 bits per heavy atom. The molecule has 1 aliphatic rings. The van der Waals surface area contributed by atoms with E-state index in [0.29, 0.717) is 0 Å². The fourth-order valence-corrected chi connectivity index (χ4v) is 8.74. The van der Waals surface area contributed by atoms with Gasteiger partial charge in [0, 0.05) is 21.6 Å². The van der Waals surface area contributed by atoms with E-state index in [0.717, 1.165) is 0 Å². The maximum Gasteiger partial charge on any atom is 0.0547 e. The molecule has 4 aromatic carbocycles. The highest BCUT2D eigenvalue weighted by atomic mass is 31.1. The molecule has 0 bridgehead atoms. The molecule has 32 heavy (non-hydrogen) atoms. The van der Waals surface area contributed by atoms with Gasteiger partial charge in [0.2, 0.25) is 0 Å². The fraction of sp³-hybridized carbons (Fsp3) is 0.133. The van der Waals surface area contributed by atoms with E-state index in [9.17, 15) is 0 Å². The van der Waals surface area contributed by atoms with Crippen LogP contribution < -0.4 is 0 Å². The van der Waals surface area contributed by atoms with Crippen LogP contribution in [0.25, 0.3) is 43.3 Å². The van der Waals surface area contributed by atoms with Gasteiger partial charge >= 0.3 is 0 Å². The normalized spacial score (nSPS) is 14.3. The van der Waals surface area contributed by atoms with Crippen LogP contribution in [0.2, 0.25) is 0 Å². The number of nitrogens with zero attached hydrogens (tertiary/aromatic N) is 1. The van der Waals surface area contributed by atoms with E-state index in [4.69, 9.17) is 0 Å². The first kappa shape index (κ1) is 18.3. The maximum absolute atomic E-state index is 2.46. The summed E-state index contributed by atoms with van der Waals surface area (Å²) < 4.78 is 2.46. The molecule has 0 radical (unpaired) electrons. The summed E-state index contributed by atoms with van der Waals surface area (Å²) in [5.41, 5.74) is 5.53. The highest BCUT2D eigenvalue weighted by Crippen LogP contribution is 2.57. The van der Waals surface area contributed by atoms with Crippen LogP contribution in [-0.4, -0.2) is 4.57 Å². The molecule has 154 valence electrons. The standard InChI is InChI=1S/C30H24NP/c1-3-11-21(12-4-1)31-25-17-9-7-15-23(25)29-26(31)19-20-28-30(29)24-16-8-10-18-27(24)32(28)22-13-5-2-6-14-22/h1-7,9,11-15,17,19-20H,8,10,16,18H2. The minimum atomic E-state index is -0.417. The smallest absolute Gasteiger partial charge is 0.0547 e. The summed E-state index contributed by atoms with van der Waals surface area (Å²) in [5, 5.41) is 9.20. The number of hydrogen-bond acceptors (Lipinski definition) is 0. The molecule has 2 heteroatoms. The molecule has 0 aliphatic heterocycles. The zero-order valence-electron chi connectivity index (χ0n) is 18.0. The van der Waals surface area contributed by atoms with E-state index in [1.807, 2.05) is 0 Å². The molecule has 1 nitrogen and oxygen atoms in total. The summed E-state index contributed by atoms with van der Waals surface area (Å²) in [7, 11) is -0.417. The van der Waals surface area contributed by atoms with Crippen molar-refractivity contribution < 1.29 is 0 Å². The minimum absolute atomic E-state index is 0.417. The van der Waals surface area contributed by atoms with Crippen molar-refractivity contribution in [1.82, 2.24) is 4.57 Å². The molecule has 2 heterocycles. The molecule has 0 spiro atoms. The molecule has 6 aromatic rings. The van der Waals surface area contributed by atoms with E-state index < -0.39 is 7.53 Å². The zero-order chi connectivity index (χ0) is 21.1. The molecular weight excluding hydrogens is 405 g/mol. The van der Waals surface area contributed by atoms with Crippen molar-refractivity contribution in [2.75, 3.05) is 0 Å². The first-order valence-corrected chi connectivity index (χ1v) is 12.9. The van der Waals surface area contributed by atoms with E-state index in [-0.39, 0.29) is 0 Å². The fourth-order valence-electron chi connectivity index (χ4n) is 5.82. The largest absolute Gasteiger partial charge is 0.309 e. The third-order valence-corrected chi connectivity index (χ3v) is 9.80. The van der Waals surface area contributed by atoms with Crippen LogP contribution in [0.5, 0.6) is 0 Å². The molecule has 0 amide bonds. The molecule has 2 aromatic heterocycles. The first-order valence-electron chi connectivity index (χ1n) is 11.6. The number of hydrogen-bond donors (Lipinski definition) is 0. The summed E-state index contributed by atoms with van der Waals surface area (Å²) in [4.78, 5) is 0. The van der Waals surface area contributed by atoms with Crippen LogP contribution >= 0.6 is 7.53 Å². The van der Waals surface area contributed by atoms with Gasteiger partial charge in [-0.25, -0.2) is 0 Å². The Morgan fingerprint density at radius 3 is 2.16 bits per heavy atom. The Balaban J connectivity index is 1.69. The van der Waals surface area contributed by atoms with Gasteiger partial charge < -0.3 is 4.57 Å². The molecular formula is C30H24NP. The van der Waals surface area contributed by atoms with Gasteiger partial charge in [0.1, 0.15) is 0 Å². The van der Waals surface area contributed by atoms with Gasteiger partial charge in [0.25, 0.3) is 0 Å². The van der Waals surface area contributed by atoms with Crippen molar-refractivity contribution in [1.29, 1.82) is 0 Å². The second-order valence-electron chi connectivity index (χ2n) is 8.85. The number of para-hydroxylation sites is 2. The van der Waals surface area contributed by atoms with Crippen molar-refractivity contribution in [3.05, 3.63) is 108 Å². The highest BCUT2D eigenvalue weighted by Gasteiger charge is 2.25. The van der Waals surface area contributed by atoms with Gasteiger partial charge in [-0.2, -0.15) is 0 Å². The predicted molar refractivity (Wildman–Crippen MR) is 139 cm³/mol. The second-order valence-corrected chi connectivity index (χ2v) is 11.1. The van der Waals surface area contributed by atoms with Crippen molar-refractivity contribution in [2.24, 2.45) is 0 Å². The molecule has 0 saturated carbocycles. The van der Waals surface area contributed by atoms with E-state index in [1.165, 1.54) is 58.5 Å². The zero-order valence-corrected chi connectivity index (χ0v) is 18.9. The summed E-state index contributed by atoms with van der Waals surface area (Å²) >= 11 is 0. The first-order chi connectivity index (χ1) is 15.9. The molecule has 1 atom stereocenters. The third kappa shape index (κ3) is 2.52. The monoisotopic (exact) mass is 429 g/mol. The van der Waals surface area contributed by atoms with Crippen molar-refractivity contribution in [3.8, 4) is 11.0 Å². The molecule has 1 aliphatic carbocycles. The Bertz CT molecular complexity index is 1600. The van der Waals surface area contributed by atoms with Gasteiger partial charge in [-0.15, -0.1) is 0 Å². The van der Waals surface area contributed by atoms with E-state index in [2.05, 4.69) is 102 Å². The van der Waals surface area contributed by atoms with Crippen molar-refractivity contribution >= 4 is 39.8 Å². The van der Waals surface area contributed by atoms with Crippen LogP contribution in [0.4, 0.5) is 0 Å². The van der Waals surface area contributed by atoms with E-state index in [1.54, 1.807) is 21.4 Å². The van der Waals surface area contributed by atoms with Crippen LogP contribution in [0.3, 0.4) is 0 Å². The average Bonchev–Trinajstić information content (AvgIpc) is 3.38. The van der Waals surface area contributed by atoms with E-state index >= 15 is 0 Å². The topological polar surface area (TPSA) is 4.93 Å². The summed E-state index contributed by atoms with van der Waals surface area (Å²) in [6.07, 6.45) is 5.11. The Kier molecular flexibility index (Phi) is 4.07. The lowest BCUT2D eigenvalue weighted by Crippen LogP contribution is -1.98. The summed E-state index contributed by atoms with van der Waals surface area (Å²) in [6, 6.07) is 35.9. The lowest BCUT2D eigenvalue weighted by atomic mass is 9.94. The van der Waals surface area contributed by atoms with Gasteiger partial charge in [0.05, 0.1) is 11.0 Å². The lowest BCUT2D eigenvalue weighted by Gasteiger charge is -2.14. The minimum Gasteiger partial charge on any atom is -0.309 e. The van der Waals surface area contributed by atoms with Crippen LogP contribution in [0, 0.1) is 0 Å². The molecule has 0 fully saturated rings. The second kappa shape index (κ2) is 7.12. The van der Waals surface area contributed by atoms with Crippen LogP contribution in [-0.2, 0) is 12.8 Å². The van der Waals surface area contributed by atoms with Gasteiger partial charge in [-0.05, 0) is 77.6 Å². The molecule has 0 N–H and O–H groups in total. The Hall–Kier alpha value is -3.28. The summed E-state index contributed by atoms with van der Waals surface area (Å²) in [5.74, 6) is 0. The Labute approximate surface area is 189 Å². The predicted octanol–water partition coefficient (Wildman–Crippen LogP) is 8.79. The van der Waals surface area contributed by atoms with Crippen molar-refractivity contribution in [3.63, 3.8) is 0 Å². The van der Waals surface area contributed by atoms with Gasteiger partial charge in [0.15, 0.2) is 0 Å². The third-order valence-electron chi connectivity index (χ3n) is 7.10. The lowest BCUT2D eigenvalue weighted by molar-refractivity contribution is 0.700. The van der Waals surface area contributed by atoms with Crippen LogP contribution in [0.15, 0.2) is 97.1 Å². The van der Waals surface area contributed by atoms with Gasteiger partial charge in [-0.3, -0.25) is 0 Å². The Morgan fingerprint density at radius 1 is 0.594 bits per heavy atom.